The van der Waals surface area contributed by atoms with Gasteiger partial charge in [0.2, 0.25) is 0 Å². The molecule has 27 heavy (non-hydrogen) atoms. The van der Waals surface area contributed by atoms with E-state index < -0.39 is 11.9 Å². The van der Waals surface area contributed by atoms with Crippen molar-refractivity contribution in [3.05, 3.63) is 59.7 Å². The van der Waals surface area contributed by atoms with Crippen molar-refractivity contribution in [1.29, 1.82) is 0 Å². The van der Waals surface area contributed by atoms with Gasteiger partial charge in [0.1, 0.15) is 30.5 Å². The Morgan fingerprint density at radius 1 is 1.07 bits per heavy atom. The van der Waals surface area contributed by atoms with Gasteiger partial charge < -0.3 is 28.3 Å². The fraction of sp³-hybridized carbons (Fsp3) is 0.263. The van der Waals surface area contributed by atoms with E-state index in [-0.39, 0.29) is 31.2 Å². The molecule has 0 unspecified atom stereocenters. The topological polar surface area (TPSA) is 87.4 Å². The average molecular weight is 373 g/mol. The normalized spacial score (nSPS) is 14.1. The number of furan rings is 1. The highest BCUT2D eigenvalue weighted by Gasteiger charge is 2.33. The van der Waals surface area contributed by atoms with Crippen LogP contribution in [-0.4, -0.2) is 39.5 Å². The van der Waals surface area contributed by atoms with Crippen molar-refractivity contribution in [2.75, 3.05) is 32.5 Å². The molecular formula is C19H19NO7. The van der Waals surface area contributed by atoms with Gasteiger partial charge in [-0.25, -0.2) is 9.59 Å². The first-order valence-electron chi connectivity index (χ1n) is 8.15. The second-order valence-electron chi connectivity index (χ2n) is 5.55. The van der Waals surface area contributed by atoms with Gasteiger partial charge in [0.25, 0.3) is 0 Å². The first-order valence-corrected chi connectivity index (χ1v) is 8.15. The summed E-state index contributed by atoms with van der Waals surface area (Å²) in [5, 5.41) is 0. The molecule has 0 aliphatic carbocycles. The van der Waals surface area contributed by atoms with E-state index in [4.69, 9.17) is 23.4 Å². The molecule has 2 aromatic rings. The summed E-state index contributed by atoms with van der Waals surface area (Å²) in [6.45, 7) is 0.203. The molecule has 1 aliphatic heterocycles. The maximum atomic E-state index is 12.4. The highest BCUT2D eigenvalue weighted by molar-refractivity contribution is 6.03. The standard InChI is InChI=1S/C19H19NO7/c1-23-18(21)14-11-25-12-20(17(14)19(22)24-2)15-7-3-4-8-16(15)27-10-13-6-5-9-26-13/h3-9H,10-12H2,1-2H3. The third-order valence-electron chi connectivity index (χ3n) is 3.94. The third kappa shape index (κ3) is 3.95. The SMILES string of the molecule is COC(=O)C1=C(C(=O)OC)N(c2ccccc2OCc2ccco2)COC1. The molecule has 0 atom stereocenters. The molecule has 0 spiro atoms. The summed E-state index contributed by atoms with van der Waals surface area (Å²) in [5.41, 5.74) is 0.687. The van der Waals surface area contributed by atoms with Crippen molar-refractivity contribution in [3.8, 4) is 5.75 Å². The number of carbonyl (C=O) groups excluding carboxylic acids is 2. The maximum absolute atomic E-state index is 12.4. The lowest BCUT2D eigenvalue weighted by Crippen LogP contribution is -2.39. The Labute approximate surface area is 155 Å². The number of carbonyl (C=O) groups is 2. The molecule has 8 heteroatoms. The summed E-state index contributed by atoms with van der Waals surface area (Å²) < 4.78 is 26.2. The fourth-order valence-corrected chi connectivity index (χ4v) is 2.68. The second-order valence-corrected chi connectivity index (χ2v) is 5.55. The predicted molar refractivity (Wildman–Crippen MR) is 93.8 cm³/mol. The van der Waals surface area contributed by atoms with Gasteiger partial charge in [-0.05, 0) is 24.3 Å². The number of anilines is 1. The molecule has 1 aliphatic rings. The number of benzene rings is 1. The largest absolute Gasteiger partial charge is 0.483 e. The Balaban J connectivity index is 1.98. The Kier molecular flexibility index (Phi) is 5.77. The van der Waals surface area contributed by atoms with Crippen molar-refractivity contribution >= 4 is 17.6 Å². The van der Waals surface area contributed by atoms with Crippen LogP contribution < -0.4 is 9.64 Å². The minimum atomic E-state index is -0.667. The van der Waals surface area contributed by atoms with E-state index in [1.165, 1.54) is 19.1 Å². The molecule has 8 nitrogen and oxygen atoms in total. The molecule has 0 saturated carbocycles. The van der Waals surface area contributed by atoms with Crippen molar-refractivity contribution in [2.24, 2.45) is 0 Å². The monoisotopic (exact) mass is 373 g/mol. The molecule has 1 aromatic carbocycles. The van der Waals surface area contributed by atoms with Gasteiger partial charge >= 0.3 is 11.9 Å². The van der Waals surface area contributed by atoms with Gasteiger partial charge in [-0.15, -0.1) is 0 Å². The molecular weight excluding hydrogens is 354 g/mol. The van der Waals surface area contributed by atoms with Crippen LogP contribution in [0.15, 0.2) is 58.3 Å². The van der Waals surface area contributed by atoms with Gasteiger partial charge in [0.15, 0.2) is 0 Å². The van der Waals surface area contributed by atoms with Crippen molar-refractivity contribution in [2.45, 2.75) is 6.61 Å². The molecule has 0 saturated heterocycles. The molecule has 142 valence electrons. The quantitative estimate of drug-likeness (QED) is 0.713. The predicted octanol–water partition coefficient (Wildman–Crippen LogP) is 2.25. The van der Waals surface area contributed by atoms with Crippen LogP contribution in [0.4, 0.5) is 5.69 Å². The zero-order valence-electron chi connectivity index (χ0n) is 15.0. The van der Waals surface area contributed by atoms with Crippen LogP contribution in [0.5, 0.6) is 5.75 Å². The number of hydrogen-bond acceptors (Lipinski definition) is 8. The third-order valence-corrected chi connectivity index (χ3v) is 3.94. The molecule has 3 rings (SSSR count). The lowest BCUT2D eigenvalue weighted by Gasteiger charge is -2.32. The maximum Gasteiger partial charge on any atom is 0.355 e. The van der Waals surface area contributed by atoms with Gasteiger partial charge in [0.05, 0.1) is 38.4 Å². The summed E-state index contributed by atoms with van der Waals surface area (Å²) in [5.74, 6) is -0.183. The van der Waals surface area contributed by atoms with E-state index in [1.807, 2.05) is 0 Å². The van der Waals surface area contributed by atoms with Gasteiger partial charge in [0, 0.05) is 0 Å². The minimum absolute atomic E-state index is 0.0477. The van der Waals surface area contributed by atoms with Crippen LogP contribution in [-0.2, 0) is 30.4 Å². The van der Waals surface area contributed by atoms with Crippen molar-refractivity contribution < 1.29 is 33.0 Å². The minimum Gasteiger partial charge on any atom is -0.483 e. The van der Waals surface area contributed by atoms with Crippen LogP contribution >= 0.6 is 0 Å². The summed E-state index contributed by atoms with van der Waals surface area (Å²) in [7, 11) is 2.49. The Hall–Kier alpha value is -3.26. The van der Waals surface area contributed by atoms with Gasteiger partial charge in [-0.3, -0.25) is 0 Å². The Morgan fingerprint density at radius 2 is 1.85 bits per heavy atom. The summed E-state index contributed by atoms with van der Waals surface area (Å²) in [6.07, 6.45) is 1.56. The van der Waals surface area contributed by atoms with Crippen molar-refractivity contribution in [1.82, 2.24) is 0 Å². The van der Waals surface area contributed by atoms with Crippen LogP contribution in [0.25, 0.3) is 0 Å². The summed E-state index contributed by atoms with van der Waals surface area (Å²) in [4.78, 5) is 26.0. The number of nitrogens with zero attached hydrogens (tertiary/aromatic N) is 1. The van der Waals surface area contributed by atoms with Crippen molar-refractivity contribution in [3.63, 3.8) is 0 Å². The van der Waals surface area contributed by atoms with Gasteiger partial charge in [-0.2, -0.15) is 0 Å². The Morgan fingerprint density at radius 3 is 2.56 bits per heavy atom. The number of methoxy groups -OCH3 is 2. The second kappa shape index (κ2) is 8.41. The Bertz CT molecular complexity index is 842. The molecule has 0 fully saturated rings. The molecule has 0 N–H and O–H groups in total. The fourth-order valence-electron chi connectivity index (χ4n) is 2.68. The zero-order chi connectivity index (χ0) is 19.2. The van der Waals surface area contributed by atoms with E-state index in [2.05, 4.69) is 0 Å². The number of rotatable bonds is 6. The van der Waals surface area contributed by atoms with Crippen LogP contribution in [0.1, 0.15) is 5.76 Å². The van der Waals surface area contributed by atoms with Crippen LogP contribution in [0, 0.1) is 0 Å². The first kappa shape index (κ1) is 18.5. The van der Waals surface area contributed by atoms with Crippen LogP contribution in [0.3, 0.4) is 0 Å². The summed E-state index contributed by atoms with van der Waals surface area (Å²) >= 11 is 0. The molecule has 1 aromatic heterocycles. The van der Waals surface area contributed by atoms with E-state index in [1.54, 1.807) is 42.7 Å². The highest BCUT2D eigenvalue weighted by Crippen LogP contribution is 2.34. The molecule has 0 radical (unpaired) electrons. The van der Waals surface area contributed by atoms with E-state index >= 15 is 0 Å². The lowest BCUT2D eigenvalue weighted by atomic mass is 10.1. The first-order chi connectivity index (χ1) is 13.2. The van der Waals surface area contributed by atoms with E-state index in [0.29, 0.717) is 17.2 Å². The van der Waals surface area contributed by atoms with Crippen LogP contribution in [0.2, 0.25) is 0 Å². The lowest BCUT2D eigenvalue weighted by molar-refractivity contribution is -0.140. The highest BCUT2D eigenvalue weighted by atomic mass is 16.5. The smallest absolute Gasteiger partial charge is 0.355 e. The summed E-state index contributed by atoms with van der Waals surface area (Å²) in [6, 6.07) is 10.7. The number of ether oxygens (including phenoxy) is 4. The van der Waals surface area contributed by atoms with Gasteiger partial charge in [-0.1, -0.05) is 12.1 Å². The molecule has 2 heterocycles. The molecule has 0 amide bonds. The van der Waals surface area contributed by atoms with E-state index in [9.17, 15) is 9.59 Å². The average Bonchev–Trinajstić information content (AvgIpc) is 3.24. The molecule has 0 bridgehead atoms. The zero-order valence-corrected chi connectivity index (χ0v) is 15.0. The number of esters is 2. The van der Waals surface area contributed by atoms with E-state index in [0.717, 1.165) is 0 Å². The number of hydrogen-bond donors (Lipinski definition) is 0. The number of para-hydroxylation sites is 2.